The summed E-state index contributed by atoms with van der Waals surface area (Å²) in [5.74, 6) is 0.0915. The predicted molar refractivity (Wildman–Crippen MR) is 91.2 cm³/mol. The van der Waals surface area contributed by atoms with Crippen LogP contribution < -0.4 is 15.5 Å². The number of rotatable bonds is 5. The Hall–Kier alpha value is -2.67. The highest BCUT2D eigenvalue weighted by molar-refractivity contribution is 7.80. The summed E-state index contributed by atoms with van der Waals surface area (Å²) in [6.07, 6.45) is 1.43. The lowest BCUT2D eigenvalue weighted by Crippen LogP contribution is -2.31. The van der Waals surface area contributed by atoms with Gasteiger partial charge in [0, 0.05) is 12.1 Å². The van der Waals surface area contributed by atoms with Gasteiger partial charge in [-0.2, -0.15) is 5.10 Å². The number of ether oxygens (including phenoxy) is 1. The third-order valence-electron chi connectivity index (χ3n) is 2.99. The summed E-state index contributed by atoms with van der Waals surface area (Å²) in [5.41, 5.74) is 4.03. The van der Waals surface area contributed by atoms with Crippen molar-refractivity contribution in [3.8, 4) is 11.5 Å². The molecule has 0 aliphatic rings. The Kier molecular flexibility index (Phi) is 5.87. The van der Waals surface area contributed by atoms with Crippen LogP contribution in [-0.4, -0.2) is 23.5 Å². The lowest BCUT2D eigenvalue weighted by Gasteiger charge is -2.07. The normalized spacial score (nSPS) is 10.5. The highest BCUT2D eigenvalue weighted by Gasteiger charge is 2.04. The van der Waals surface area contributed by atoms with Crippen molar-refractivity contribution in [1.29, 1.82) is 0 Å². The lowest BCUT2D eigenvalue weighted by atomic mass is 10.2. The van der Waals surface area contributed by atoms with Crippen LogP contribution in [0.4, 0.5) is 4.39 Å². The molecule has 0 spiro atoms. The molecule has 3 N–H and O–H groups in total. The number of phenolic OH excluding ortho intramolecular Hbond substituents is 1. The zero-order valence-corrected chi connectivity index (χ0v) is 13.2. The van der Waals surface area contributed by atoms with E-state index in [1.54, 1.807) is 30.3 Å². The van der Waals surface area contributed by atoms with E-state index >= 15 is 0 Å². The number of hydrogen-bond donors (Lipinski definition) is 3. The molecule has 23 heavy (non-hydrogen) atoms. The van der Waals surface area contributed by atoms with Gasteiger partial charge in [0.1, 0.15) is 5.82 Å². The molecule has 0 saturated heterocycles. The molecule has 0 fully saturated rings. The van der Waals surface area contributed by atoms with Crippen molar-refractivity contribution < 1.29 is 14.2 Å². The van der Waals surface area contributed by atoms with E-state index in [9.17, 15) is 9.50 Å². The standard InChI is InChI=1S/C16H16FN3O2S/c1-22-14-4-2-3-12(15(14)21)10-19-20-16(23)18-9-11-5-7-13(17)8-6-11/h2-8,10,21H,9H2,1H3,(H2,18,20,23)/b19-10+. The Balaban J connectivity index is 1.85. The fraction of sp³-hybridized carbons (Fsp3) is 0.125. The van der Waals surface area contributed by atoms with Crippen LogP contribution in [0, 0.1) is 5.82 Å². The number of methoxy groups -OCH3 is 1. The minimum Gasteiger partial charge on any atom is -0.504 e. The number of hydrazone groups is 1. The summed E-state index contributed by atoms with van der Waals surface area (Å²) in [6.45, 7) is 0.450. The van der Waals surface area contributed by atoms with Gasteiger partial charge in [0.25, 0.3) is 0 Å². The van der Waals surface area contributed by atoms with E-state index in [-0.39, 0.29) is 11.6 Å². The number of nitrogens with zero attached hydrogens (tertiary/aromatic N) is 1. The summed E-state index contributed by atoms with van der Waals surface area (Å²) in [6, 6.07) is 11.2. The molecule has 2 aromatic rings. The Morgan fingerprint density at radius 2 is 2.04 bits per heavy atom. The van der Waals surface area contributed by atoms with Gasteiger partial charge in [0.05, 0.1) is 13.3 Å². The Labute approximate surface area is 138 Å². The Morgan fingerprint density at radius 1 is 1.30 bits per heavy atom. The molecule has 5 nitrogen and oxygen atoms in total. The summed E-state index contributed by atoms with van der Waals surface area (Å²) in [5, 5.41) is 17.1. The van der Waals surface area contributed by atoms with Crippen molar-refractivity contribution in [2.45, 2.75) is 6.54 Å². The molecule has 7 heteroatoms. The highest BCUT2D eigenvalue weighted by Crippen LogP contribution is 2.27. The van der Waals surface area contributed by atoms with E-state index in [0.29, 0.717) is 23.0 Å². The molecule has 0 bridgehead atoms. The maximum Gasteiger partial charge on any atom is 0.187 e. The average Bonchev–Trinajstić information content (AvgIpc) is 2.56. The molecule has 0 unspecified atom stereocenters. The Morgan fingerprint density at radius 3 is 2.74 bits per heavy atom. The summed E-state index contributed by atoms with van der Waals surface area (Å²) >= 11 is 5.08. The maximum atomic E-state index is 12.8. The molecular formula is C16H16FN3O2S. The van der Waals surface area contributed by atoms with Gasteiger partial charge in [0.15, 0.2) is 16.6 Å². The number of aromatic hydroxyl groups is 1. The van der Waals surface area contributed by atoms with Gasteiger partial charge in [-0.25, -0.2) is 4.39 Å². The summed E-state index contributed by atoms with van der Waals surface area (Å²) in [4.78, 5) is 0. The first kappa shape index (κ1) is 16.7. The lowest BCUT2D eigenvalue weighted by molar-refractivity contribution is 0.373. The molecule has 0 aliphatic heterocycles. The first-order valence-electron chi connectivity index (χ1n) is 6.77. The summed E-state index contributed by atoms with van der Waals surface area (Å²) in [7, 11) is 1.47. The predicted octanol–water partition coefficient (Wildman–Crippen LogP) is 2.54. The number of para-hydroxylation sites is 1. The van der Waals surface area contributed by atoms with Gasteiger partial charge in [-0.3, -0.25) is 5.43 Å². The van der Waals surface area contributed by atoms with Crippen LogP contribution in [0.15, 0.2) is 47.6 Å². The van der Waals surface area contributed by atoms with Crippen LogP contribution in [0.2, 0.25) is 0 Å². The molecule has 0 radical (unpaired) electrons. The zero-order valence-electron chi connectivity index (χ0n) is 12.4. The van der Waals surface area contributed by atoms with Crippen molar-refractivity contribution in [3.05, 3.63) is 59.4 Å². The molecule has 0 heterocycles. The van der Waals surface area contributed by atoms with Gasteiger partial charge in [-0.05, 0) is 42.0 Å². The second-order valence-corrected chi connectivity index (χ2v) is 4.99. The summed E-state index contributed by atoms with van der Waals surface area (Å²) < 4.78 is 17.8. The molecule has 0 atom stereocenters. The first-order valence-corrected chi connectivity index (χ1v) is 7.18. The molecule has 0 aliphatic carbocycles. The van der Waals surface area contributed by atoms with E-state index in [1.807, 2.05) is 0 Å². The second-order valence-electron chi connectivity index (χ2n) is 4.58. The molecule has 2 aromatic carbocycles. The van der Waals surface area contributed by atoms with Crippen LogP contribution in [0.5, 0.6) is 11.5 Å². The van der Waals surface area contributed by atoms with Gasteiger partial charge in [-0.15, -0.1) is 0 Å². The van der Waals surface area contributed by atoms with E-state index in [2.05, 4.69) is 15.8 Å². The zero-order chi connectivity index (χ0) is 16.7. The van der Waals surface area contributed by atoms with Crippen molar-refractivity contribution in [1.82, 2.24) is 10.7 Å². The van der Waals surface area contributed by atoms with E-state index < -0.39 is 0 Å². The largest absolute Gasteiger partial charge is 0.504 e. The van der Waals surface area contributed by atoms with Crippen LogP contribution in [0.3, 0.4) is 0 Å². The third-order valence-corrected chi connectivity index (χ3v) is 3.22. The Bertz CT molecular complexity index is 705. The SMILES string of the molecule is COc1cccc(/C=N/NC(=S)NCc2ccc(F)cc2)c1O. The molecule has 2 rings (SSSR count). The minimum absolute atomic E-state index is 0.00531. The smallest absolute Gasteiger partial charge is 0.187 e. The monoisotopic (exact) mass is 333 g/mol. The molecule has 0 amide bonds. The topological polar surface area (TPSA) is 65.9 Å². The number of halogens is 1. The highest BCUT2D eigenvalue weighted by atomic mass is 32.1. The van der Waals surface area contributed by atoms with Crippen molar-refractivity contribution in [2.75, 3.05) is 7.11 Å². The van der Waals surface area contributed by atoms with E-state index in [1.165, 1.54) is 25.5 Å². The maximum absolute atomic E-state index is 12.8. The number of thiocarbonyl (C=S) groups is 1. The van der Waals surface area contributed by atoms with Crippen LogP contribution in [-0.2, 0) is 6.54 Å². The molecule has 0 saturated carbocycles. The molecular weight excluding hydrogens is 317 g/mol. The average molecular weight is 333 g/mol. The number of hydrogen-bond acceptors (Lipinski definition) is 4. The third kappa shape index (κ3) is 4.93. The van der Waals surface area contributed by atoms with E-state index in [4.69, 9.17) is 17.0 Å². The van der Waals surface area contributed by atoms with Gasteiger partial charge in [-0.1, -0.05) is 18.2 Å². The first-order chi connectivity index (χ1) is 11.1. The quantitative estimate of drug-likeness (QED) is 0.446. The van der Waals surface area contributed by atoms with Crippen molar-refractivity contribution >= 4 is 23.5 Å². The van der Waals surface area contributed by atoms with Gasteiger partial charge < -0.3 is 15.2 Å². The minimum atomic E-state index is -0.280. The van der Waals surface area contributed by atoms with Crippen molar-refractivity contribution in [3.63, 3.8) is 0 Å². The van der Waals surface area contributed by atoms with Crippen LogP contribution >= 0.6 is 12.2 Å². The van der Waals surface area contributed by atoms with Crippen LogP contribution in [0.1, 0.15) is 11.1 Å². The molecule has 120 valence electrons. The fourth-order valence-electron chi connectivity index (χ4n) is 1.79. The van der Waals surface area contributed by atoms with Gasteiger partial charge in [0.2, 0.25) is 0 Å². The van der Waals surface area contributed by atoms with Gasteiger partial charge >= 0.3 is 0 Å². The number of phenols is 1. The second kappa shape index (κ2) is 8.09. The van der Waals surface area contributed by atoms with E-state index in [0.717, 1.165) is 5.56 Å². The molecule has 0 aromatic heterocycles. The van der Waals surface area contributed by atoms with Crippen molar-refractivity contribution in [2.24, 2.45) is 5.10 Å². The fourth-order valence-corrected chi connectivity index (χ4v) is 1.92. The number of benzene rings is 2. The van der Waals surface area contributed by atoms with Crippen LogP contribution in [0.25, 0.3) is 0 Å². The number of nitrogens with one attached hydrogen (secondary N) is 2.